The lowest BCUT2D eigenvalue weighted by Crippen LogP contribution is -2.37. The smallest absolute Gasteiger partial charge is 0.253 e. The van der Waals surface area contributed by atoms with Crippen molar-refractivity contribution >= 4 is 17.3 Å². The summed E-state index contributed by atoms with van der Waals surface area (Å²) in [4.78, 5) is 14.2. The lowest BCUT2D eigenvalue weighted by Gasteiger charge is -2.25. The Labute approximate surface area is 114 Å². The number of fused-ring (bicyclic) bond motifs is 1. The minimum absolute atomic E-state index is 0.0195. The van der Waals surface area contributed by atoms with E-state index in [2.05, 4.69) is 5.32 Å². The molecule has 0 spiro atoms. The molecule has 4 heteroatoms. The minimum Gasteiger partial charge on any atom is -0.383 e. The molecule has 1 aliphatic heterocycles. The maximum atomic E-state index is 12.3. The average Bonchev–Trinajstić information content (AvgIpc) is 2.57. The highest BCUT2D eigenvalue weighted by atomic mass is 16.5. The standard InChI is InChI=1S/C15H22N2O2/c1-15(2,3)19-11-14(18)17-10-6-9-16-12-7-4-5-8-13(12)17/h4-5,7-8,16H,6,9-11H2,1-3H3. The van der Waals surface area contributed by atoms with Gasteiger partial charge in [0.05, 0.1) is 17.0 Å². The van der Waals surface area contributed by atoms with Gasteiger partial charge in [0.25, 0.3) is 5.91 Å². The number of carbonyl (C=O) groups excluding carboxylic acids is 1. The molecule has 1 heterocycles. The topological polar surface area (TPSA) is 41.6 Å². The zero-order valence-corrected chi connectivity index (χ0v) is 11.9. The quantitative estimate of drug-likeness (QED) is 0.891. The van der Waals surface area contributed by atoms with Gasteiger partial charge in [-0.2, -0.15) is 0 Å². The molecule has 1 aromatic carbocycles. The van der Waals surface area contributed by atoms with Crippen molar-refractivity contribution < 1.29 is 9.53 Å². The second kappa shape index (κ2) is 5.61. The first-order valence-electron chi connectivity index (χ1n) is 6.74. The van der Waals surface area contributed by atoms with E-state index in [1.807, 2.05) is 49.9 Å². The van der Waals surface area contributed by atoms with E-state index in [9.17, 15) is 4.79 Å². The summed E-state index contributed by atoms with van der Waals surface area (Å²) < 4.78 is 5.59. The van der Waals surface area contributed by atoms with Crippen molar-refractivity contribution in [3.8, 4) is 0 Å². The van der Waals surface area contributed by atoms with Crippen LogP contribution in [0.2, 0.25) is 0 Å². The summed E-state index contributed by atoms with van der Waals surface area (Å²) in [5.41, 5.74) is 1.67. The van der Waals surface area contributed by atoms with Crippen LogP contribution in [0, 0.1) is 0 Å². The zero-order chi connectivity index (χ0) is 13.9. The molecule has 19 heavy (non-hydrogen) atoms. The Morgan fingerprint density at radius 2 is 2.11 bits per heavy atom. The van der Waals surface area contributed by atoms with E-state index in [-0.39, 0.29) is 18.1 Å². The number of nitrogens with one attached hydrogen (secondary N) is 1. The first-order valence-corrected chi connectivity index (χ1v) is 6.74. The predicted octanol–water partition coefficient (Wildman–Crippen LogP) is 2.65. The molecule has 0 fully saturated rings. The minimum atomic E-state index is -0.292. The Balaban J connectivity index is 2.13. The number of hydrogen-bond donors (Lipinski definition) is 1. The number of rotatable bonds is 2. The van der Waals surface area contributed by atoms with Gasteiger partial charge >= 0.3 is 0 Å². The molecule has 1 aliphatic rings. The molecule has 104 valence electrons. The first kappa shape index (κ1) is 13.9. The van der Waals surface area contributed by atoms with Crippen molar-refractivity contribution in [2.75, 3.05) is 29.9 Å². The van der Waals surface area contributed by atoms with E-state index in [0.717, 1.165) is 30.9 Å². The Bertz CT molecular complexity index is 452. The second-order valence-electron chi connectivity index (χ2n) is 5.74. The van der Waals surface area contributed by atoms with Crippen LogP contribution in [0.5, 0.6) is 0 Å². The van der Waals surface area contributed by atoms with Crippen molar-refractivity contribution in [2.24, 2.45) is 0 Å². The van der Waals surface area contributed by atoms with Gasteiger partial charge in [-0.25, -0.2) is 0 Å². The fourth-order valence-corrected chi connectivity index (χ4v) is 2.05. The van der Waals surface area contributed by atoms with Crippen LogP contribution < -0.4 is 10.2 Å². The molecular weight excluding hydrogens is 240 g/mol. The van der Waals surface area contributed by atoms with Crippen LogP contribution in [0.15, 0.2) is 24.3 Å². The van der Waals surface area contributed by atoms with Gasteiger partial charge < -0.3 is 15.0 Å². The first-order chi connectivity index (χ1) is 8.97. The Morgan fingerprint density at radius 1 is 1.37 bits per heavy atom. The molecule has 0 unspecified atom stereocenters. The lowest BCUT2D eigenvalue weighted by molar-refractivity contribution is -0.127. The number of carbonyl (C=O) groups is 1. The highest BCUT2D eigenvalue weighted by Crippen LogP contribution is 2.28. The fourth-order valence-electron chi connectivity index (χ4n) is 2.05. The molecule has 0 saturated carbocycles. The van der Waals surface area contributed by atoms with Crippen LogP contribution in [0.3, 0.4) is 0 Å². The van der Waals surface area contributed by atoms with Gasteiger partial charge in [-0.3, -0.25) is 4.79 Å². The third kappa shape index (κ3) is 3.70. The Hall–Kier alpha value is -1.55. The molecule has 4 nitrogen and oxygen atoms in total. The molecule has 0 bridgehead atoms. The van der Waals surface area contributed by atoms with Crippen LogP contribution in [0.4, 0.5) is 11.4 Å². The fraction of sp³-hybridized carbons (Fsp3) is 0.533. The van der Waals surface area contributed by atoms with Gasteiger partial charge in [0.15, 0.2) is 0 Å². The predicted molar refractivity (Wildman–Crippen MR) is 77.6 cm³/mol. The molecule has 1 aromatic rings. The van der Waals surface area contributed by atoms with Gasteiger partial charge in [0.1, 0.15) is 6.61 Å². The van der Waals surface area contributed by atoms with E-state index < -0.39 is 0 Å². The molecule has 0 aromatic heterocycles. The van der Waals surface area contributed by atoms with Gasteiger partial charge in [-0.15, -0.1) is 0 Å². The molecule has 0 saturated heterocycles. The number of anilines is 2. The average molecular weight is 262 g/mol. The molecule has 0 radical (unpaired) electrons. The third-order valence-corrected chi connectivity index (χ3v) is 3.00. The van der Waals surface area contributed by atoms with Crippen LogP contribution in [-0.4, -0.2) is 31.2 Å². The number of ether oxygens (including phenoxy) is 1. The number of hydrogen-bond acceptors (Lipinski definition) is 3. The summed E-state index contributed by atoms with van der Waals surface area (Å²) in [6, 6.07) is 7.91. The Kier molecular flexibility index (Phi) is 4.10. The highest BCUT2D eigenvalue weighted by Gasteiger charge is 2.22. The van der Waals surface area contributed by atoms with Crippen LogP contribution in [0.25, 0.3) is 0 Å². The van der Waals surface area contributed by atoms with Gasteiger partial charge in [-0.05, 0) is 39.3 Å². The normalized spacial score (nSPS) is 15.4. The van der Waals surface area contributed by atoms with Gasteiger partial charge in [0, 0.05) is 13.1 Å². The van der Waals surface area contributed by atoms with Crippen molar-refractivity contribution in [2.45, 2.75) is 32.8 Å². The molecule has 1 N–H and O–H groups in total. The maximum absolute atomic E-state index is 12.3. The van der Waals surface area contributed by atoms with Crippen molar-refractivity contribution in [3.05, 3.63) is 24.3 Å². The summed E-state index contributed by atoms with van der Waals surface area (Å²) >= 11 is 0. The monoisotopic (exact) mass is 262 g/mol. The zero-order valence-electron chi connectivity index (χ0n) is 11.9. The second-order valence-corrected chi connectivity index (χ2v) is 5.74. The summed E-state index contributed by atoms with van der Waals surface area (Å²) in [5.74, 6) is 0.0195. The van der Waals surface area contributed by atoms with E-state index in [1.54, 1.807) is 0 Å². The van der Waals surface area contributed by atoms with E-state index in [0.29, 0.717) is 0 Å². The van der Waals surface area contributed by atoms with Crippen molar-refractivity contribution in [1.29, 1.82) is 0 Å². The van der Waals surface area contributed by atoms with E-state index in [1.165, 1.54) is 0 Å². The number of nitrogens with zero attached hydrogens (tertiary/aromatic N) is 1. The molecule has 2 rings (SSSR count). The highest BCUT2D eigenvalue weighted by molar-refractivity contribution is 5.97. The largest absolute Gasteiger partial charge is 0.383 e. The van der Waals surface area contributed by atoms with Gasteiger partial charge in [0.2, 0.25) is 0 Å². The molecule has 0 atom stereocenters. The molecule has 0 aliphatic carbocycles. The number of benzene rings is 1. The van der Waals surface area contributed by atoms with Crippen molar-refractivity contribution in [3.63, 3.8) is 0 Å². The van der Waals surface area contributed by atoms with Crippen LogP contribution >= 0.6 is 0 Å². The maximum Gasteiger partial charge on any atom is 0.253 e. The van der Waals surface area contributed by atoms with Crippen molar-refractivity contribution in [1.82, 2.24) is 0 Å². The third-order valence-electron chi connectivity index (χ3n) is 3.00. The summed E-state index contributed by atoms with van der Waals surface area (Å²) in [6.45, 7) is 7.61. The summed E-state index contributed by atoms with van der Waals surface area (Å²) in [7, 11) is 0. The van der Waals surface area contributed by atoms with E-state index in [4.69, 9.17) is 4.74 Å². The summed E-state index contributed by atoms with van der Waals surface area (Å²) in [5, 5.41) is 3.35. The number of para-hydroxylation sites is 2. The van der Waals surface area contributed by atoms with E-state index >= 15 is 0 Å². The van der Waals surface area contributed by atoms with Gasteiger partial charge in [-0.1, -0.05) is 12.1 Å². The lowest BCUT2D eigenvalue weighted by atomic mass is 10.2. The number of amides is 1. The van der Waals surface area contributed by atoms with Crippen LogP contribution in [-0.2, 0) is 9.53 Å². The van der Waals surface area contributed by atoms with Crippen LogP contribution in [0.1, 0.15) is 27.2 Å². The SMILES string of the molecule is CC(C)(C)OCC(=O)N1CCCNc2ccccc21. The summed E-state index contributed by atoms with van der Waals surface area (Å²) in [6.07, 6.45) is 0.940. The molecular formula is C15H22N2O2. The Morgan fingerprint density at radius 3 is 2.84 bits per heavy atom. The molecule has 1 amide bonds.